The number of likely N-dealkylation sites (tertiary alicyclic amines) is 1. The Morgan fingerprint density at radius 2 is 2.33 bits per heavy atom. The summed E-state index contributed by atoms with van der Waals surface area (Å²) in [6, 6.07) is 2.10. The highest BCUT2D eigenvalue weighted by Crippen LogP contribution is 2.20. The van der Waals surface area contributed by atoms with Crippen molar-refractivity contribution in [3.05, 3.63) is 17.5 Å². The molecule has 6 heteroatoms. The molecule has 1 amide bonds. The molecule has 0 aromatic carbocycles. The number of hydrogen-bond donors (Lipinski definition) is 1. The first kappa shape index (κ1) is 15.8. The molecule has 2 heterocycles. The molecule has 1 N–H and O–H groups in total. The molecule has 1 saturated heterocycles. The Hall–Kier alpha value is -1.56. The van der Waals surface area contributed by atoms with Crippen molar-refractivity contribution in [1.29, 1.82) is 0 Å². The van der Waals surface area contributed by atoms with Crippen molar-refractivity contribution in [2.45, 2.75) is 58.7 Å². The predicted molar refractivity (Wildman–Crippen MR) is 78.9 cm³/mol. The van der Waals surface area contributed by atoms with Gasteiger partial charge in [-0.25, -0.2) is 4.79 Å². The summed E-state index contributed by atoms with van der Waals surface area (Å²) in [4.78, 5) is 14.0. The first-order chi connectivity index (χ1) is 9.85. The molecule has 0 aliphatic carbocycles. The van der Waals surface area contributed by atoms with E-state index < -0.39 is 5.60 Å². The second-order valence-corrected chi connectivity index (χ2v) is 6.53. The van der Waals surface area contributed by atoms with Crippen LogP contribution < -0.4 is 5.32 Å². The number of rotatable bonds is 4. The van der Waals surface area contributed by atoms with Crippen molar-refractivity contribution in [1.82, 2.24) is 15.4 Å². The first-order valence-electron chi connectivity index (χ1n) is 7.48. The van der Waals surface area contributed by atoms with Crippen LogP contribution in [0.2, 0.25) is 0 Å². The topological polar surface area (TPSA) is 67.6 Å². The molecular formula is C15H25N3O3. The predicted octanol–water partition coefficient (Wildman–Crippen LogP) is 2.47. The minimum Gasteiger partial charge on any atom is -0.444 e. The lowest BCUT2D eigenvalue weighted by atomic mass is 10.2. The van der Waals surface area contributed by atoms with Crippen LogP contribution in [0.4, 0.5) is 4.79 Å². The smallest absolute Gasteiger partial charge is 0.410 e. The second kappa shape index (κ2) is 6.47. The monoisotopic (exact) mass is 295 g/mol. The minimum atomic E-state index is -0.449. The van der Waals surface area contributed by atoms with Crippen LogP contribution in [0.3, 0.4) is 0 Å². The molecule has 1 aliphatic rings. The van der Waals surface area contributed by atoms with Crippen LogP contribution in [0.25, 0.3) is 0 Å². The molecule has 21 heavy (non-hydrogen) atoms. The minimum absolute atomic E-state index is 0.188. The average molecular weight is 295 g/mol. The molecule has 1 aromatic heterocycles. The number of ether oxygens (including phenoxy) is 1. The number of nitrogens with zero attached hydrogens (tertiary/aromatic N) is 2. The lowest BCUT2D eigenvalue weighted by Gasteiger charge is -2.28. The van der Waals surface area contributed by atoms with E-state index in [-0.39, 0.29) is 12.1 Å². The molecule has 118 valence electrons. The van der Waals surface area contributed by atoms with Gasteiger partial charge in [-0.1, -0.05) is 5.16 Å². The van der Waals surface area contributed by atoms with Gasteiger partial charge in [0.25, 0.3) is 0 Å². The summed E-state index contributed by atoms with van der Waals surface area (Å²) in [6.07, 6.45) is 1.81. The number of aromatic nitrogens is 1. The Labute approximate surface area is 125 Å². The van der Waals surface area contributed by atoms with E-state index in [1.54, 1.807) is 0 Å². The summed E-state index contributed by atoms with van der Waals surface area (Å²) in [6.45, 7) is 9.70. The molecule has 0 bridgehead atoms. The molecule has 1 aliphatic heterocycles. The van der Waals surface area contributed by atoms with E-state index in [4.69, 9.17) is 9.26 Å². The highest BCUT2D eigenvalue weighted by molar-refractivity contribution is 5.69. The SMILES string of the molecule is Cc1cc(CNCC2CCCN2C(=O)OC(C)(C)C)no1. The van der Waals surface area contributed by atoms with E-state index in [0.717, 1.165) is 37.4 Å². The molecular weight excluding hydrogens is 270 g/mol. The third-order valence-corrected chi connectivity index (χ3v) is 3.37. The maximum atomic E-state index is 12.2. The quantitative estimate of drug-likeness (QED) is 0.924. The summed E-state index contributed by atoms with van der Waals surface area (Å²) < 4.78 is 10.5. The van der Waals surface area contributed by atoms with Crippen LogP contribution in [0, 0.1) is 6.92 Å². The summed E-state index contributed by atoms with van der Waals surface area (Å²) in [7, 11) is 0. The van der Waals surface area contributed by atoms with Gasteiger partial charge in [-0.3, -0.25) is 0 Å². The zero-order valence-corrected chi connectivity index (χ0v) is 13.3. The van der Waals surface area contributed by atoms with Crippen LogP contribution in [0.5, 0.6) is 0 Å². The van der Waals surface area contributed by atoms with Gasteiger partial charge < -0.3 is 19.5 Å². The molecule has 0 spiro atoms. The van der Waals surface area contributed by atoms with Crippen molar-refractivity contribution in [3.63, 3.8) is 0 Å². The van der Waals surface area contributed by atoms with Crippen LogP contribution >= 0.6 is 0 Å². The van der Waals surface area contributed by atoms with Gasteiger partial charge in [-0.15, -0.1) is 0 Å². The maximum absolute atomic E-state index is 12.2. The van der Waals surface area contributed by atoms with Crippen LogP contribution in [0.15, 0.2) is 10.6 Å². The molecule has 1 atom stereocenters. The molecule has 0 saturated carbocycles. The Balaban J connectivity index is 1.80. The lowest BCUT2D eigenvalue weighted by Crippen LogP contribution is -2.44. The van der Waals surface area contributed by atoms with Crippen LogP contribution in [-0.2, 0) is 11.3 Å². The van der Waals surface area contributed by atoms with Gasteiger partial charge in [0, 0.05) is 31.7 Å². The fraction of sp³-hybridized carbons (Fsp3) is 0.733. The molecule has 0 radical (unpaired) electrons. The average Bonchev–Trinajstić information content (AvgIpc) is 2.96. The summed E-state index contributed by atoms with van der Waals surface area (Å²) in [5, 5.41) is 7.27. The molecule has 6 nitrogen and oxygen atoms in total. The highest BCUT2D eigenvalue weighted by Gasteiger charge is 2.31. The number of carbonyl (C=O) groups excluding carboxylic acids is 1. The third-order valence-electron chi connectivity index (χ3n) is 3.37. The summed E-state index contributed by atoms with van der Waals surface area (Å²) >= 11 is 0. The van der Waals surface area contributed by atoms with Gasteiger partial charge in [-0.2, -0.15) is 0 Å². The third kappa shape index (κ3) is 4.74. The first-order valence-corrected chi connectivity index (χ1v) is 7.48. The molecule has 2 rings (SSSR count). The normalized spacial score (nSPS) is 19.0. The largest absolute Gasteiger partial charge is 0.444 e. The lowest BCUT2D eigenvalue weighted by molar-refractivity contribution is 0.0226. The zero-order chi connectivity index (χ0) is 15.5. The second-order valence-electron chi connectivity index (χ2n) is 6.53. The van der Waals surface area contributed by atoms with E-state index in [1.807, 2.05) is 38.7 Å². The molecule has 1 aromatic rings. The number of aryl methyl sites for hydroxylation is 1. The van der Waals surface area contributed by atoms with Gasteiger partial charge in [0.1, 0.15) is 11.4 Å². The Morgan fingerprint density at radius 1 is 1.57 bits per heavy atom. The van der Waals surface area contributed by atoms with Crippen molar-refractivity contribution in [3.8, 4) is 0 Å². The van der Waals surface area contributed by atoms with Crippen LogP contribution in [-0.4, -0.2) is 40.9 Å². The van der Waals surface area contributed by atoms with Gasteiger partial charge in [0.15, 0.2) is 0 Å². The van der Waals surface area contributed by atoms with E-state index in [0.29, 0.717) is 6.54 Å². The van der Waals surface area contributed by atoms with E-state index >= 15 is 0 Å². The highest BCUT2D eigenvalue weighted by atomic mass is 16.6. The van der Waals surface area contributed by atoms with Gasteiger partial charge in [0.05, 0.1) is 5.69 Å². The van der Waals surface area contributed by atoms with Gasteiger partial charge in [-0.05, 0) is 40.5 Å². The number of nitrogens with one attached hydrogen (secondary N) is 1. The van der Waals surface area contributed by atoms with Gasteiger partial charge >= 0.3 is 6.09 Å². The Kier molecular flexibility index (Phi) is 4.88. The standard InChI is InChI=1S/C15H25N3O3/c1-11-8-12(17-21-11)9-16-10-13-6-5-7-18(13)14(19)20-15(2,3)4/h8,13,16H,5-7,9-10H2,1-4H3. The van der Waals surface area contributed by atoms with Crippen molar-refractivity contribution in [2.75, 3.05) is 13.1 Å². The van der Waals surface area contributed by atoms with Crippen molar-refractivity contribution >= 4 is 6.09 Å². The summed E-state index contributed by atoms with van der Waals surface area (Å²) in [5.41, 5.74) is 0.435. The van der Waals surface area contributed by atoms with Crippen LogP contribution in [0.1, 0.15) is 45.1 Å². The van der Waals surface area contributed by atoms with Crippen molar-refractivity contribution < 1.29 is 14.1 Å². The fourth-order valence-electron chi connectivity index (χ4n) is 2.48. The van der Waals surface area contributed by atoms with E-state index in [2.05, 4.69) is 10.5 Å². The molecule has 1 unspecified atom stereocenters. The number of amides is 1. The van der Waals surface area contributed by atoms with E-state index in [9.17, 15) is 4.79 Å². The maximum Gasteiger partial charge on any atom is 0.410 e. The fourth-order valence-corrected chi connectivity index (χ4v) is 2.48. The number of hydrogen-bond acceptors (Lipinski definition) is 5. The van der Waals surface area contributed by atoms with Crippen molar-refractivity contribution in [2.24, 2.45) is 0 Å². The molecule has 1 fully saturated rings. The zero-order valence-electron chi connectivity index (χ0n) is 13.3. The Bertz CT molecular complexity index is 479. The Morgan fingerprint density at radius 3 is 2.95 bits per heavy atom. The van der Waals surface area contributed by atoms with Gasteiger partial charge in [0.2, 0.25) is 0 Å². The van der Waals surface area contributed by atoms with E-state index in [1.165, 1.54) is 0 Å². The number of carbonyl (C=O) groups is 1. The summed E-state index contributed by atoms with van der Waals surface area (Å²) in [5.74, 6) is 0.808.